The lowest BCUT2D eigenvalue weighted by molar-refractivity contribution is -0.139. The molecule has 0 unspecified atom stereocenters. The van der Waals surface area contributed by atoms with E-state index in [9.17, 15) is 14.4 Å². The van der Waals surface area contributed by atoms with Crippen molar-refractivity contribution in [2.45, 2.75) is 37.8 Å². The van der Waals surface area contributed by atoms with Crippen molar-refractivity contribution in [1.82, 2.24) is 15.1 Å². The van der Waals surface area contributed by atoms with E-state index in [0.717, 1.165) is 29.7 Å². The summed E-state index contributed by atoms with van der Waals surface area (Å²) in [5.41, 5.74) is -0.364. The molecule has 1 N–H and O–H groups in total. The Labute approximate surface area is 185 Å². The van der Waals surface area contributed by atoms with Gasteiger partial charge in [-0.15, -0.1) is 0 Å². The van der Waals surface area contributed by atoms with Crippen LogP contribution in [0.2, 0.25) is 0 Å². The summed E-state index contributed by atoms with van der Waals surface area (Å²) >= 11 is 0. The number of urea groups is 1. The number of likely N-dealkylation sites (tertiary alicyclic amines) is 1. The molecule has 0 saturated carbocycles. The summed E-state index contributed by atoms with van der Waals surface area (Å²) in [4.78, 5) is 41.4. The summed E-state index contributed by atoms with van der Waals surface area (Å²) in [6.07, 6.45) is 3.91. The van der Waals surface area contributed by atoms with Crippen LogP contribution in [-0.2, 0) is 15.1 Å². The molecule has 2 atom stereocenters. The van der Waals surface area contributed by atoms with Crippen molar-refractivity contribution in [3.05, 3.63) is 47.9 Å². The zero-order chi connectivity index (χ0) is 22.3. The Kier molecular flexibility index (Phi) is 5.03. The van der Waals surface area contributed by atoms with E-state index in [1.807, 2.05) is 18.2 Å². The molecular formula is C23H25N3O6. The van der Waals surface area contributed by atoms with E-state index < -0.39 is 17.5 Å². The molecular weight excluding hydrogens is 414 g/mol. The topological polar surface area (TPSA) is 101 Å². The number of ether oxygens (including phenoxy) is 2. The summed E-state index contributed by atoms with van der Waals surface area (Å²) in [5, 5.41) is 2.65. The Morgan fingerprint density at radius 1 is 1.16 bits per heavy atom. The van der Waals surface area contributed by atoms with Crippen LogP contribution >= 0.6 is 0 Å². The van der Waals surface area contributed by atoms with Crippen LogP contribution in [0.1, 0.15) is 43.6 Å². The van der Waals surface area contributed by atoms with Gasteiger partial charge in [0.05, 0.1) is 25.5 Å². The van der Waals surface area contributed by atoms with Gasteiger partial charge in [-0.25, -0.2) is 4.79 Å². The van der Waals surface area contributed by atoms with Gasteiger partial charge >= 0.3 is 6.03 Å². The van der Waals surface area contributed by atoms with Crippen molar-refractivity contribution >= 4 is 17.8 Å². The van der Waals surface area contributed by atoms with Crippen LogP contribution in [0.25, 0.3) is 0 Å². The monoisotopic (exact) mass is 439 g/mol. The Hall–Kier alpha value is -3.49. The number of rotatable bonds is 4. The summed E-state index contributed by atoms with van der Waals surface area (Å²) in [6, 6.07) is 8.29. The van der Waals surface area contributed by atoms with Crippen LogP contribution in [0.3, 0.4) is 0 Å². The van der Waals surface area contributed by atoms with Gasteiger partial charge in [-0.2, -0.15) is 0 Å². The minimum absolute atomic E-state index is 0.142. The van der Waals surface area contributed by atoms with Gasteiger partial charge in [0.1, 0.15) is 12.3 Å². The van der Waals surface area contributed by atoms with Crippen molar-refractivity contribution in [3.8, 4) is 11.5 Å². The van der Waals surface area contributed by atoms with Crippen molar-refractivity contribution in [2.24, 2.45) is 0 Å². The van der Waals surface area contributed by atoms with Crippen LogP contribution < -0.4 is 14.8 Å². The lowest BCUT2D eigenvalue weighted by Gasteiger charge is -2.27. The number of benzene rings is 1. The highest BCUT2D eigenvalue weighted by molar-refractivity contribution is 6.08. The van der Waals surface area contributed by atoms with Gasteiger partial charge in [0, 0.05) is 13.0 Å². The van der Waals surface area contributed by atoms with Crippen molar-refractivity contribution < 1.29 is 28.3 Å². The van der Waals surface area contributed by atoms with Crippen LogP contribution in [-0.4, -0.2) is 53.9 Å². The van der Waals surface area contributed by atoms with Crippen molar-refractivity contribution in [2.75, 3.05) is 26.3 Å². The fraction of sp³-hybridized carbons (Fsp3) is 0.435. The SMILES string of the molecule is C[C@@]1(c2ccco2)NC(=O)N(CC(=O)N2CCC[C@H]2c2ccc3c(c2)OCCCO3)C1=O. The molecule has 1 aromatic heterocycles. The normalized spacial score (nSPS) is 25.1. The minimum atomic E-state index is -1.32. The molecule has 168 valence electrons. The van der Waals surface area contributed by atoms with Gasteiger partial charge in [0.15, 0.2) is 17.0 Å². The summed E-state index contributed by atoms with van der Waals surface area (Å²) < 4.78 is 16.8. The predicted octanol–water partition coefficient (Wildman–Crippen LogP) is 2.57. The van der Waals surface area contributed by atoms with E-state index in [1.165, 1.54) is 6.26 Å². The molecule has 4 amide bonds. The molecule has 2 saturated heterocycles. The number of hydrogen-bond acceptors (Lipinski definition) is 6. The van der Waals surface area contributed by atoms with E-state index in [0.29, 0.717) is 37.0 Å². The van der Waals surface area contributed by atoms with Crippen LogP contribution in [0.5, 0.6) is 11.5 Å². The summed E-state index contributed by atoms with van der Waals surface area (Å²) in [5.74, 6) is 0.947. The number of nitrogens with zero attached hydrogens (tertiary/aromatic N) is 2. The van der Waals surface area contributed by atoms with Crippen molar-refractivity contribution in [3.63, 3.8) is 0 Å². The fourth-order valence-electron chi connectivity index (χ4n) is 4.60. The van der Waals surface area contributed by atoms with Crippen LogP contribution in [0.4, 0.5) is 4.79 Å². The number of carbonyl (C=O) groups is 3. The maximum Gasteiger partial charge on any atom is 0.325 e. The van der Waals surface area contributed by atoms with Gasteiger partial charge in [0.25, 0.3) is 5.91 Å². The quantitative estimate of drug-likeness (QED) is 0.735. The summed E-state index contributed by atoms with van der Waals surface area (Å²) in [6.45, 7) is 3.03. The molecule has 0 spiro atoms. The number of furan rings is 1. The second kappa shape index (κ2) is 7.89. The third kappa shape index (κ3) is 3.37. The van der Waals surface area contributed by atoms with E-state index in [-0.39, 0.29) is 18.5 Å². The highest BCUT2D eigenvalue weighted by Crippen LogP contribution is 2.38. The predicted molar refractivity (Wildman–Crippen MR) is 112 cm³/mol. The van der Waals surface area contributed by atoms with Gasteiger partial charge in [0.2, 0.25) is 5.91 Å². The standard InChI is InChI=1S/C23H25N3O6/c1-23(19-6-3-10-32-19)21(28)26(22(29)24-23)14-20(27)25-9-2-5-16(25)15-7-8-17-18(13-15)31-12-4-11-30-17/h3,6-8,10,13,16H,2,4-5,9,11-12,14H2,1H3,(H,24,29)/t16-,23-/m0/s1. The molecule has 2 fully saturated rings. The Balaban J connectivity index is 1.33. The van der Waals surface area contributed by atoms with E-state index in [1.54, 1.807) is 24.0 Å². The minimum Gasteiger partial charge on any atom is -0.490 e. The highest BCUT2D eigenvalue weighted by Gasteiger charge is 2.52. The molecule has 3 aliphatic rings. The van der Waals surface area contributed by atoms with Crippen LogP contribution in [0.15, 0.2) is 41.0 Å². The molecule has 9 nitrogen and oxygen atoms in total. The number of fused-ring (bicyclic) bond motifs is 1. The molecule has 0 aliphatic carbocycles. The molecule has 3 aliphatic heterocycles. The number of hydrogen-bond donors (Lipinski definition) is 1. The average molecular weight is 439 g/mol. The zero-order valence-corrected chi connectivity index (χ0v) is 17.8. The van der Waals surface area contributed by atoms with Crippen LogP contribution in [0, 0.1) is 0 Å². The molecule has 1 aromatic carbocycles. The smallest absolute Gasteiger partial charge is 0.325 e. The lowest BCUT2D eigenvalue weighted by atomic mass is 9.99. The first-order valence-corrected chi connectivity index (χ1v) is 10.8. The first kappa shape index (κ1) is 20.4. The van der Waals surface area contributed by atoms with E-state index in [2.05, 4.69) is 5.32 Å². The fourth-order valence-corrected chi connectivity index (χ4v) is 4.60. The lowest BCUT2D eigenvalue weighted by Crippen LogP contribution is -2.44. The Morgan fingerprint density at radius 2 is 1.97 bits per heavy atom. The second-order valence-corrected chi connectivity index (χ2v) is 8.43. The Morgan fingerprint density at radius 3 is 2.75 bits per heavy atom. The number of amides is 4. The third-order valence-corrected chi connectivity index (χ3v) is 6.31. The first-order valence-electron chi connectivity index (χ1n) is 10.8. The second-order valence-electron chi connectivity index (χ2n) is 8.43. The Bertz CT molecular complexity index is 1050. The maximum atomic E-state index is 13.2. The van der Waals surface area contributed by atoms with Gasteiger partial charge in [-0.1, -0.05) is 6.07 Å². The average Bonchev–Trinajstić information content (AvgIpc) is 3.49. The number of carbonyl (C=O) groups excluding carboxylic acids is 3. The molecule has 9 heteroatoms. The summed E-state index contributed by atoms with van der Waals surface area (Å²) in [7, 11) is 0. The molecule has 0 radical (unpaired) electrons. The first-order chi connectivity index (χ1) is 15.5. The van der Waals surface area contributed by atoms with Gasteiger partial charge in [-0.3, -0.25) is 14.5 Å². The maximum absolute atomic E-state index is 13.2. The zero-order valence-electron chi connectivity index (χ0n) is 17.8. The highest BCUT2D eigenvalue weighted by atomic mass is 16.5. The molecule has 5 rings (SSSR count). The molecule has 4 heterocycles. The largest absolute Gasteiger partial charge is 0.490 e. The van der Waals surface area contributed by atoms with Gasteiger partial charge in [-0.05, 0) is 49.6 Å². The number of nitrogens with one attached hydrogen (secondary N) is 1. The number of imide groups is 1. The third-order valence-electron chi connectivity index (χ3n) is 6.31. The molecule has 32 heavy (non-hydrogen) atoms. The molecule has 0 bridgehead atoms. The van der Waals surface area contributed by atoms with Gasteiger partial charge < -0.3 is 24.1 Å². The van der Waals surface area contributed by atoms with E-state index in [4.69, 9.17) is 13.9 Å². The van der Waals surface area contributed by atoms with Crippen molar-refractivity contribution in [1.29, 1.82) is 0 Å². The van der Waals surface area contributed by atoms with E-state index >= 15 is 0 Å². The molecule has 2 aromatic rings.